The van der Waals surface area contributed by atoms with E-state index in [4.69, 9.17) is 4.74 Å². The molecule has 4 aromatic carbocycles. The summed E-state index contributed by atoms with van der Waals surface area (Å²) in [6.45, 7) is 0.236. The number of ether oxygens (including phenoxy) is 1. The molecule has 0 heterocycles. The highest BCUT2D eigenvalue weighted by Gasteiger charge is 2.29. The van der Waals surface area contributed by atoms with E-state index in [1.54, 1.807) is 30.3 Å². The van der Waals surface area contributed by atoms with Crippen molar-refractivity contribution in [2.75, 3.05) is 11.9 Å². The molecule has 5 rings (SSSR count). The number of amides is 1. The van der Waals surface area contributed by atoms with Gasteiger partial charge in [0.05, 0.1) is 5.56 Å². The van der Waals surface area contributed by atoms with E-state index in [0.29, 0.717) is 5.69 Å². The zero-order chi connectivity index (χ0) is 22.8. The number of hydrogen-bond donors (Lipinski definition) is 2. The Morgan fingerprint density at radius 2 is 1.36 bits per heavy atom. The Kier molecular flexibility index (Phi) is 5.37. The van der Waals surface area contributed by atoms with Crippen LogP contribution in [0.3, 0.4) is 0 Å². The fraction of sp³-hybridized carbons (Fsp3) is 0.0714. The van der Waals surface area contributed by atoms with E-state index in [-0.39, 0.29) is 18.1 Å². The Labute approximate surface area is 191 Å². The van der Waals surface area contributed by atoms with Crippen LogP contribution in [0.25, 0.3) is 22.3 Å². The van der Waals surface area contributed by atoms with Crippen LogP contribution >= 0.6 is 0 Å². The smallest absolute Gasteiger partial charge is 0.411 e. The van der Waals surface area contributed by atoms with Crippen LogP contribution in [0.5, 0.6) is 0 Å². The first-order valence-corrected chi connectivity index (χ1v) is 10.7. The molecule has 5 nitrogen and oxygen atoms in total. The lowest BCUT2D eigenvalue weighted by atomic mass is 9.98. The van der Waals surface area contributed by atoms with E-state index in [9.17, 15) is 14.7 Å². The van der Waals surface area contributed by atoms with Gasteiger partial charge < -0.3 is 9.84 Å². The maximum Gasteiger partial charge on any atom is 0.411 e. The van der Waals surface area contributed by atoms with Gasteiger partial charge in [0.1, 0.15) is 6.61 Å². The molecule has 0 atom stereocenters. The summed E-state index contributed by atoms with van der Waals surface area (Å²) >= 11 is 0. The maximum atomic E-state index is 12.6. The Morgan fingerprint density at radius 3 is 2.03 bits per heavy atom. The quantitative estimate of drug-likeness (QED) is 0.380. The van der Waals surface area contributed by atoms with Crippen LogP contribution in [0.15, 0.2) is 97.1 Å². The molecule has 1 aliphatic carbocycles. The summed E-state index contributed by atoms with van der Waals surface area (Å²) in [4.78, 5) is 23.8. The summed E-state index contributed by atoms with van der Waals surface area (Å²) in [5.74, 6) is -0.988. The molecule has 0 aliphatic heterocycles. The summed E-state index contributed by atoms with van der Waals surface area (Å²) in [6, 6.07) is 30.3. The number of hydrogen-bond acceptors (Lipinski definition) is 3. The average molecular weight is 435 g/mol. The monoisotopic (exact) mass is 435 g/mol. The standard InChI is InChI=1S/C28H21NO4/c30-27(31)20-9-5-7-18(15-20)19-8-6-10-21(16-19)29-28(32)33-17-26-24-13-3-1-11-22(24)23-12-2-4-14-25(23)26/h1-16,26H,17H2,(H,29,32)(H,30,31). The largest absolute Gasteiger partial charge is 0.478 e. The molecular weight excluding hydrogens is 414 g/mol. The van der Waals surface area contributed by atoms with Gasteiger partial charge in [0.25, 0.3) is 0 Å². The van der Waals surface area contributed by atoms with Crippen molar-refractivity contribution >= 4 is 17.7 Å². The maximum absolute atomic E-state index is 12.6. The molecule has 0 saturated carbocycles. The number of carboxylic acids is 1. The van der Waals surface area contributed by atoms with E-state index in [0.717, 1.165) is 22.3 Å². The van der Waals surface area contributed by atoms with Crippen molar-refractivity contribution in [3.8, 4) is 22.3 Å². The van der Waals surface area contributed by atoms with E-state index >= 15 is 0 Å². The van der Waals surface area contributed by atoms with E-state index in [1.807, 2.05) is 42.5 Å². The van der Waals surface area contributed by atoms with Gasteiger partial charge in [-0.3, -0.25) is 5.32 Å². The van der Waals surface area contributed by atoms with Crippen molar-refractivity contribution in [2.24, 2.45) is 0 Å². The molecule has 0 saturated heterocycles. The van der Waals surface area contributed by atoms with E-state index in [2.05, 4.69) is 29.6 Å². The zero-order valence-corrected chi connectivity index (χ0v) is 17.7. The third-order valence-electron chi connectivity index (χ3n) is 5.90. The second-order valence-corrected chi connectivity index (χ2v) is 7.92. The number of fused-ring (bicyclic) bond motifs is 3. The number of carbonyl (C=O) groups excluding carboxylic acids is 1. The van der Waals surface area contributed by atoms with Crippen LogP contribution in [0, 0.1) is 0 Å². The predicted molar refractivity (Wildman–Crippen MR) is 128 cm³/mol. The number of carbonyl (C=O) groups is 2. The number of aromatic carboxylic acids is 1. The minimum Gasteiger partial charge on any atom is -0.478 e. The first kappa shape index (κ1) is 20.5. The van der Waals surface area contributed by atoms with Gasteiger partial charge in [-0.05, 0) is 57.6 Å². The SMILES string of the molecule is O=C(Nc1cccc(-c2cccc(C(=O)O)c2)c1)OCC1c2ccccc2-c2ccccc21. The number of anilines is 1. The molecule has 0 unspecified atom stereocenters. The molecule has 0 spiro atoms. The molecule has 0 aromatic heterocycles. The molecule has 33 heavy (non-hydrogen) atoms. The first-order chi connectivity index (χ1) is 16.1. The highest BCUT2D eigenvalue weighted by Crippen LogP contribution is 2.44. The molecule has 1 amide bonds. The van der Waals surface area contributed by atoms with Crippen molar-refractivity contribution in [3.63, 3.8) is 0 Å². The molecule has 0 bridgehead atoms. The van der Waals surface area contributed by atoms with Gasteiger partial charge in [-0.15, -0.1) is 0 Å². The second-order valence-electron chi connectivity index (χ2n) is 7.92. The highest BCUT2D eigenvalue weighted by molar-refractivity contribution is 5.90. The van der Waals surface area contributed by atoms with Crippen LogP contribution < -0.4 is 5.32 Å². The normalized spacial score (nSPS) is 12.0. The van der Waals surface area contributed by atoms with E-state index in [1.165, 1.54) is 11.1 Å². The van der Waals surface area contributed by atoms with Crippen LogP contribution in [0.2, 0.25) is 0 Å². The van der Waals surface area contributed by atoms with Crippen molar-refractivity contribution in [2.45, 2.75) is 5.92 Å². The number of carboxylic acid groups (broad SMARTS) is 1. The second kappa shape index (κ2) is 8.63. The van der Waals surface area contributed by atoms with Crippen molar-refractivity contribution in [3.05, 3.63) is 114 Å². The highest BCUT2D eigenvalue weighted by atomic mass is 16.5. The Morgan fingerprint density at radius 1 is 0.758 bits per heavy atom. The molecule has 5 heteroatoms. The summed E-state index contributed by atoms with van der Waals surface area (Å²) in [5, 5.41) is 12.0. The molecule has 2 N–H and O–H groups in total. The minimum atomic E-state index is -0.982. The van der Waals surface area contributed by atoms with Gasteiger partial charge in [0, 0.05) is 11.6 Å². The Balaban J connectivity index is 1.29. The van der Waals surface area contributed by atoms with Gasteiger partial charge in [-0.25, -0.2) is 9.59 Å². The van der Waals surface area contributed by atoms with Gasteiger partial charge in [0.15, 0.2) is 0 Å². The predicted octanol–water partition coefficient (Wildman–Crippen LogP) is 6.41. The minimum absolute atomic E-state index is 0.00626. The van der Waals surface area contributed by atoms with Crippen LogP contribution in [-0.4, -0.2) is 23.8 Å². The summed E-state index contributed by atoms with van der Waals surface area (Å²) < 4.78 is 5.61. The summed E-state index contributed by atoms with van der Waals surface area (Å²) in [6.07, 6.45) is -0.534. The molecule has 4 aromatic rings. The molecular formula is C28H21NO4. The van der Waals surface area contributed by atoms with Crippen molar-refractivity contribution < 1.29 is 19.4 Å². The molecule has 0 radical (unpaired) electrons. The van der Waals surface area contributed by atoms with Crippen LogP contribution in [0.1, 0.15) is 27.4 Å². The summed E-state index contributed by atoms with van der Waals surface area (Å²) in [7, 11) is 0. The van der Waals surface area contributed by atoms with Crippen LogP contribution in [-0.2, 0) is 4.74 Å². The lowest BCUT2D eigenvalue weighted by Gasteiger charge is -2.15. The Bertz CT molecular complexity index is 1320. The lowest BCUT2D eigenvalue weighted by Crippen LogP contribution is -2.17. The van der Waals surface area contributed by atoms with Crippen LogP contribution in [0.4, 0.5) is 10.5 Å². The number of nitrogens with one attached hydrogen (secondary N) is 1. The molecule has 0 fully saturated rings. The average Bonchev–Trinajstić information content (AvgIpc) is 3.17. The topological polar surface area (TPSA) is 75.6 Å². The zero-order valence-electron chi connectivity index (χ0n) is 17.7. The number of rotatable bonds is 5. The fourth-order valence-corrected chi connectivity index (χ4v) is 4.36. The van der Waals surface area contributed by atoms with Gasteiger partial charge in [0.2, 0.25) is 0 Å². The summed E-state index contributed by atoms with van der Waals surface area (Å²) in [5.41, 5.74) is 7.02. The third kappa shape index (κ3) is 4.08. The van der Waals surface area contributed by atoms with Gasteiger partial charge >= 0.3 is 12.1 Å². The fourth-order valence-electron chi connectivity index (χ4n) is 4.36. The molecule has 162 valence electrons. The van der Waals surface area contributed by atoms with Gasteiger partial charge in [-0.1, -0.05) is 72.8 Å². The third-order valence-corrected chi connectivity index (χ3v) is 5.90. The molecule has 1 aliphatic rings. The first-order valence-electron chi connectivity index (χ1n) is 10.7. The lowest BCUT2D eigenvalue weighted by molar-refractivity contribution is 0.0697. The Hall–Kier alpha value is -4.38. The van der Waals surface area contributed by atoms with Gasteiger partial charge in [-0.2, -0.15) is 0 Å². The van der Waals surface area contributed by atoms with Crippen molar-refractivity contribution in [1.29, 1.82) is 0 Å². The van der Waals surface area contributed by atoms with E-state index < -0.39 is 12.1 Å². The number of benzene rings is 4. The van der Waals surface area contributed by atoms with Crippen molar-refractivity contribution in [1.82, 2.24) is 0 Å².